The first-order chi connectivity index (χ1) is 17.5. The van der Waals surface area contributed by atoms with Crippen LogP contribution in [-0.2, 0) is 4.79 Å². The van der Waals surface area contributed by atoms with E-state index in [0.29, 0.717) is 22.7 Å². The molecule has 0 unspecified atom stereocenters. The summed E-state index contributed by atoms with van der Waals surface area (Å²) in [6, 6.07) is 14.4. The largest absolute Gasteiger partial charge is 0.438 e. The summed E-state index contributed by atoms with van der Waals surface area (Å²) in [5, 5.41) is 3.10. The molecule has 4 aromatic rings. The summed E-state index contributed by atoms with van der Waals surface area (Å²) in [6.07, 6.45) is 1.40. The molecule has 2 aromatic heterocycles. The van der Waals surface area contributed by atoms with Gasteiger partial charge in [-0.15, -0.1) is 0 Å². The van der Waals surface area contributed by atoms with E-state index < -0.39 is 11.7 Å². The van der Waals surface area contributed by atoms with Gasteiger partial charge >= 0.3 is 0 Å². The van der Waals surface area contributed by atoms with Crippen molar-refractivity contribution in [3.05, 3.63) is 60.7 Å². The number of hydrogen-bond donors (Lipinski definition) is 2. The van der Waals surface area contributed by atoms with E-state index in [9.17, 15) is 9.18 Å². The molecule has 1 saturated heterocycles. The highest BCUT2D eigenvalue weighted by atomic mass is 19.1. The van der Waals surface area contributed by atoms with Crippen molar-refractivity contribution in [2.75, 3.05) is 43.4 Å². The van der Waals surface area contributed by atoms with Crippen LogP contribution in [0.1, 0.15) is 6.92 Å². The molecule has 2 N–H and O–H groups in total. The highest BCUT2D eigenvalue weighted by Gasteiger charge is 2.16. The molecule has 2 aromatic carbocycles. The summed E-state index contributed by atoms with van der Waals surface area (Å²) >= 11 is 0. The molecule has 9 heteroatoms. The van der Waals surface area contributed by atoms with Crippen LogP contribution in [0.5, 0.6) is 11.6 Å². The topological polar surface area (TPSA) is 86.4 Å². The second-order valence-electron chi connectivity index (χ2n) is 8.53. The number of anilines is 2. The molecule has 0 saturated carbocycles. The number of fused-ring (bicyclic) bond motifs is 1. The van der Waals surface area contributed by atoms with E-state index in [1.54, 1.807) is 0 Å². The first-order valence-corrected chi connectivity index (χ1v) is 11.6. The molecule has 1 amide bonds. The Morgan fingerprint density at radius 2 is 1.86 bits per heavy atom. The average molecular weight is 485 g/mol. The molecule has 0 radical (unpaired) electrons. The summed E-state index contributed by atoms with van der Waals surface area (Å²) in [7, 11) is 2.15. The Labute approximate surface area is 208 Å². The molecule has 3 heterocycles. The number of carbonyl (C=O) groups is 1. The van der Waals surface area contributed by atoms with Gasteiger partial charge in [0.25, 0.3) is 5.91 Å². The number of nitrogens with zero attached hydrogens (tertiary/aromatic N) is 4. The minimum absolute atomic E-state index is 0.0271. The molecule has 0 bridgehead atoms. The fourth-order valence-electron chi connectivity index (χ4n) is 4.11. The molecular weight excluding hydrogens is 459 g/mol. The lowest BCUT2D eigenvalue weighted by Crippen LogP contribution is -2.44. The summed E-state index contributed by atoms with van der Waals surface area (Å²) in [4.78, 5) is 28.4. The Bertz CT molecular complexity index is 1460. The van der Waals surface area contributed by atoms with Crippen LogP contribution < -0.4 is 15.0 Å². The number of carbonyl (C=O) groups excluding carboxylic acids is 1. The van der Waals surface area contributed by atoms with Gasteiger partial charge in [0.15, 0.2) is 0 Å². The number of benzene rings is 2. The van der Waals surface area contributed by atoms with Crippen LogP contribution in [0, 0.1) is 17.7 Å². The monoisotopic (exact) mass is 484 g/mol. The van der Waals surface area contributed by atoms with Crippen molar-refractivity contribution >= 4 is 28.3 Å². The van der Waals surface area contributed by atoms with Crippen molar-refractivity contribution in [2.45, 2.75) is 6.92 Å². The van der Waals surface area contributed by atoms with Crippen LogP contribution in [0.3, 0.4) is 0 Å². The smallest absolute Gasteiger partial charge is 0.300 e. The molecular formula is C27H25FN6O2. The number of halogens is 1. The molecule has 0 aliphatic carbocycles. The zero-order valence-electron chi connectivity index (χ0n) is 20.0. The molecule has 182 valence electrons. The van der Waals surface area contributed by atoms with Crippen molar-refractivity contribution in [1.29, 1.82) is 0 Å². The third kappa shape index (κ3) is 4.99. The number of hydrogen-bond acceptors (Lipinski definition) is 6. The SMILES string of the molecule is CC#CC(=O)Nc1cc(Oc2ncnc3[nH]c(-c4ccc(N5CCN(C)CC5)cc4)cc23)ccc1F. The maximum absolute atomic E-state index is 14.2. The van der Waals surface area contributed by atoms with E-state index in [1.807, 2.05) is 6.07 Å². The minimum atomic E-state index is -0.605. The van der Waals surface area contributed by atoms with E-state index in [-0.39, 0.29) is 5.69 Å². The Kier molecular flexibility index (Phi) is 6.52. The standard InChI is InChI=1S/C27H25FN6O2/c1-3-4-25(35)31-24-15-20(9-10-22(24)28)36-27-21-16-23(32-26(21)29-17-30-27)18-5-7-19(8-6-18)34-13-11-33(2)12-14-34/h5-10,15-17H,11-14H2,1-2H3,(H,31,35)(H,29,30,32). The number of ether oxygens (including phenoxy) is 1. The van der Waals surface area contributed by atoms with Gasteiger partial charge in [-0.2, -0.15) is 0 Å². The number of piperazine rings is 1. The first kappa shape index (κ1) is 23.3. The van der Waals surface area contributed by atoms with Crippen LogP contribution >= 0.6 is 0 Å². The number of amides is 1. The van der Waals surface area contributed by atoms with Crippen molar-refractivity contribution in [3.63, 3.8) is 0 Å². The zero-order chi connectivity index (χ0) is 25.1. The van der Waals surface area contributed by atoms with Crippen molar-refractivity contribution in [2.24, 2.45) is 0 Å². The number of likely N-dealkylation sites (N-methyl/N-ethyl adjacent to an activating group) is 1. The lowest BCUT2D eigenvalue weighted by molar-refractivity contribution is -0.111. The molecule has 1 fully saturated rings. The predicted molar refractivity (Wildman–Crippen MR) is 138 cm³/mol. The lowest BCUT2D eigenvalue weighted by Gasteiger charge is -2.34. The van der Waals surface area contributed by atoms with Crippen LogP contribution in [0.15, 0.2) is 54.9 Å². The summed E-state index contributed by atoms with van der Waals surface area (Å²) in [6.45, 7) is 5.67. The average Bonchev–Trinajstić information content (AvgIpc) is 3.32. The van der Waals surface area contributed by atoms with E-state index in [1.165, 1.54) is 37.1 Å². The molecule has 0 spiro atoms. The number of nitrogens with one attached hydrogen (secondary N) is 2. The Morgan fingerprint density at radius 3 is 2.61 bits per heavy atom. The van der Waals surface area contributed by atoms with E-state index in [0.717, 1.165) is 37.4 Å². The number of rotatable bonds is 5. The molecule has 1 aliphatic rings. The normalized spacial score (nSPS) is 13.8. The van der Waals surface area contributed by atoms with E-state index in [2.05, 4.69) is 73.2 Å². The minimum Gasteiger partial charge on any atom is -0.438 e. The fraction of sp³-hybridized carbons (Fsp3) is 0.222. The van der Waals surface area contributed by atoms with Crippen molar-refractivity contribution in [3.8, 4) is 34.7 Å². The van der Waals surface area contributed by atoms with E-state index in [4.69, 9.17) is 4.74 Å². The molecule has 5 rings (SSSR count). The highest BCUT2D eigenvalue weighted by molar-refractivity contribution is 6.04. The van der Waals surface area contributed by atoms with E-state index >= 15 is 0 Å². The molecule has 8 nitrogen and oxygen atoms in total. The molecule has 0 atom stereocenters. The van der Waals surface area contributed by atoms with Gasteiger partial charge < -0.3 is 24.8 Å². The van der Waals surface area contributed by atoms with Crippen LogP contribution in [-0.4, -0.2) is 59.0 Å². The van der Waals surface area contributed by atoms with Gasteiger partial charge in [-0.3, -0.25) is 4.79 Å². The third-order valence-corrected chi connectivity index (χ3v) is 6.07. The summed E-state index contributed by atoms with van der Waals surface area (Å²) in [5.74, 6) is 4.23. The maximum Gasteiger partial charge on any atom is 0.300 e. The second-order valence-corrected chi connectivity index (χ2v) is 8.53. The van der Waals surface area contributed by atoms with Crippen LogP contribution in [0.2, 0.25) is 0 Å². The molecule has 1 aliphatic heterocycles. The Balaban J connectivity index is 1.38. The summed E-state index contributed by atoms with van der Waals surface area (Å²) < 4.78 is 20.1. The zero-order valence-corrected chi connectivity index (χ0v) is 20.0. The van der Waals surface area contributed by atoms with Gasteiger partial charge in [-0.25, -0.2) is 14.4 Å². The maximum atomic E-state index is 14.2. The highest BCUT2D eigenvalue weighted by Crippen LogP contribution is 2.32. The van der Waals surface area contributed by atoms with Gasteiger partial charge in [0.05, 0.1) is 11.1 Å². The quantitative estimate of drug-likeness (QED) is 0.412. The van der Waals surface area contributed by atoms with Crippen LogP contribution in [0.25, 0.3) is 22.3 Å². The van der Waals surface area contributed by atoms with Gasteiger partial charge in [0.1, 0.15) is 23.5 Å². The number of H-pyrrole nitrogens is 1. The molecule has 36 heavy (non-hydrogen) atoms. The van der Waals surface area contributed by atoms with Gasteiger partial charge in [-0.05, 0) is 55.8 Å². The van der Waals surface area contributed by atoms with Crippen LogP contribution in [0.4, 0.5) is 15.8 Å². The van der Waals surface area contributed by atoms with Gasteiger partial charge in [0, 0.05) is 43.6 Å². The summed E-state index contributed by atoms with van der Waals surface area (Å²) in [5.41, 5.74) is 3.69. The third-order valence-electron chi connectivity index (χ3n) is 6.07. The van der Waals surface area contributed by atoms with Crippen molar-refractivity contribution < 1.29 is 13.9 Å². The Hall–Kier alpha value is -4.42. The predicted octanol–water partition coefficient (Wildman–Crippen LogP) is 4.27. The number of aromatic nitrogens is 3. The number of aromatic amines is 1. The van der Waals surface area contributed by atoms with Gasteiger partial charge in [-0.1, -0.05) is 18.1 Å². The fourth-order valence-corrected chi connectivity index (χ4v) is 4.11. The Morgan fingerprint density at radius 1 is 1.08 bits per heavy atom. The lowest BCUT2D eigenvalue weighted by atomic mass is 10.1. The van der Waals surface area contributed by atoms with Crippen molar-refractivity contribution in [1.82, 2.24) is 19.9 Å². The second kappa shape index (κ2) is 10.1. The first-order valence-electron chi connectivity index (χ1n) is 11.6. The van der Waals surface area contributed by atoms with Gasteiger partial charge in [0.2, 0.25) is 5.88 Å².